The van der Waals surface area contributed by atoms with E-state index in [0.717, 1.165) is 29.2 Å². The average Bonchev–Trinajstić information content (AvgIpc) is 3.24. The molecular formula is C44H38F6N4O5S2. The van der Waals surface area contributed by atoms with Gasteiger partial charge in [-0.05, 0) is 97.9 Å². The van der Waals surface area contributed by atoms with E-state index in [9.17, 15) is 44.3 Å². The number of halogens is 6. The second-order valence-corrected chi connectivity index (χ2v) is 16.4. The van der Waals surface area contributed by atoms with Crippen molar-refractivity contribution in [3.8, 4) is 17.6 Å². The molecule has 0 aromatic heterocycles. The third-order valence-electron chi connectivity index (χ3n) is 9.33. The number of carbonyl (C=O) groups excluding carboxylic acids is 2. The zero-order valence-corrected chi connectivity index (χ0v) is 34.1. The molecule has 0 atom stereocenters. The smallest absolute Gasteiger partial charge is 0.418 e. The Morgan fingerprint density at radius 3 is 2.13 bits per heavy atom. The number of amides is 2. The summed E-state index contributed by atoms with van der Waals surface area (Å²) in [6.45, 7) is 3.29. The van der Waals surface area contributed by atoms with Crippen molar-refractivity contribution in [3.63, 3.8) is 0 Å². The number of benzene rings is 5. The Hall–Kier alpha value is -6.12. The molecule has 0 spiro atoms. The van der Waals surface area contributed by atoms with Crippen molar-refractivity contribution in [2.45, 2.75) is 29.1 Å². The summed E-state index contributed by atoms with van der Waals surface area (Å²) in [7, 11) is -4.72. The lowest BCUT2D eigenvalue weighted by atomic mass is 10.0. The highest BCUT2D eigenvalue weighted by molar-refractivity contribution is 7.99. The Labute approximate surface area is 353 Å². The lowest BCUT2D eigenvalue weighted by molar-refractivity contribution is -0.138. The van der Waals surface area contributed by atoms with Crippen molar-refractivity contribution in [2.24, 2.45) is 0 Å². The highest BCUT2D eigenvalue weighted by atomic mass is 32.2. The van der Waals surface area contributed by atoms with Gasteiger partial charge in [0.15, 0.2) is 0 Å². The van der Waals surface area contributed by atoms with E-state index in [4.69, 9.17) is 4.74 Å². The summed E-state index contributed by atoms with van der Waals surface area (Å²) >= 11 is 1.44. The van der Waals surface area contributed by atoms with Gasteiger partial charge < -0.3 is 19.9 Å². The number of sulfonamides is 1. The molecule has 5 aromatic carbocycles. The molecule has 0 aliphatic carbocycles. The van der Waals surface area contributed by atoms with Gasteiger partial charge in [0.2, 0.25) is 0 Å². The van der Waals surface area contributed by atoms with Gasteiger partial charge in [0, 0.05) is 77.0 Å². The fourth-order valence-electron chi connectivity index (χ4n) is 6.33. The van der Waals surface area contributed by atoms with Crippen LogP contribution in [0.1, 0.15) is 49.9 Å². The van der Waals surface area contributed by atoms with Crippen LogP contribution < -0.4 is 19.7 Å². The van der Waals surface area contributed by atoms with Gasteiger partial charge in [0.25, 0.3) is 21.8 Å². The van der Waals surface area contributed by atoms with Crippen LogP contribution in [0.25, 0.3) is 0 Å². The number of piperazine rings is 1. The summed E-state index contributed by atoms with van der Waals surface area (Å²) in [5.74, 6) is 4.90. The molecule has 2 amide bonds. The van der Waals surface area contributed by atoms with Crippen LogP contribution in [0.5, 0.6) is 5.75 Å². The molecule has 1 fully saturated rings. The van der Waals surface area contributed by atoms with E-state index in [0.29, 0.717) is 35.4 Å². The van der Waals surface area contributed by atoms with Crippen LogP contribution >= 0.6 is 11.8 Å². The third-order valence-corrected chi connectivity index (χ3v) is 11.7. The van der Waals surface area contributed by atoms with E-state index in [2.05, 4.69) is 17.2 Å². The number of nitrogens with zero attached hydrogens (tertiary/aromatic N) is 2. The lowest BCUT2D eigenvalue weighted by Crippen LogP contribution is -2.48. The fourth-order valence-corrected chi connectivity index (χ4v) is 8.12. The van der Waals surface area contributed by atoms with E-state index in [-0.39, 0.29) is 55.1 Å². The number of thioether (sulfide) groups is 1. The zero-order valence-electron chi connectivity index (χ0n) is 32.4. The Morgan fingerprint density at radius 1 is 0.754 bits per heavy atom. The monoisotopic (exact) mass is 880 g/mol. The summed E-state index contributed by atoms with van der Waals surface area (Å²) in [5.41, 5.74) is -1.64. The topological polar surface area (TPSA) is 108 Å². The number of alkyl halides is 6. The second kappa shape index (κ2) is 19.1. The summed E-state index contributed by atoms with van der Waals surface area (Å²) < 4.78 is 117. The van der Waals surface area contributed by atoms with Crippen LogP contribution in [-0.2, 0) is 22.4 Å². The van der Waals surface area contributed by atoms with Gasteiger partial charge in [-0.2, -0.15) is 26.3 Å². The number of hydrogen-bond donors (Lipinski definition) is 2. The van der Waals surface area contributed by atoms with Crippen LogP contribution in [0.3, 0.4) is 0 Å². The predicted octanol–water partition coefficient (Wildman–Crippen LogP) is 8.81. The summed E-state index contributed by atoms with van der Waals surface area (Å²) in [4.78, 5) is 30.0. The molecule has 61 heavy (non-hydrogen) atoms. The minimum Gasteiger partial charge on any atom is -0.494 e. The van der Waals surface area contributed by atoms with E-state index >= 15 is 0 Å². The van der Waals surface area contributed by atoms with Crippen molar-refractivity contribution in [2.75, 3.05) is 55.3 Å². The van der Waals surface area contributed by atoms with Gasteiger partial charge in [0.1, 0.15) is 5.75 Å². The number of nitrogens with one attached hydrogen (secondary N) is 2. The molecule has 6 rings (SSSR count). The van der Waals surface area contributed by atoms with Crippen LogP contribution in [0.2, 0.25) is 0 Å². The molecule has 9 nitrogen and oxygen atoms in total. The molecule has 1 aliphatic heterocycles. The molecule has 0 unspecified atom stereocenters. The highest BCUT2D eigenvalue weighted by Crippen LogP contribution is 2.37. The van der Waals surface area contributed by atoms with Gasteiger partial charge >= 0.3 is 12.4 Å². The summed E-state index contributed by atoms with van der Waals surface area (Å²) in [6.07, 6.45) is -9.62. The van der Waals surface area contributed by atoms with Crippen molar-refractivity contribution in [1.82, 2.24) is 9.62 Å². The first-order chi connectivity index (χ1) is 29.0. The van der Waals surface area contributed by atoms with Crippen molar-refractivity contribution >= 4 is 45.0 Å². The Bertz CT molecular complexity index is 2530. The molecule has 0 saturated carbocycles. The SMILES string of the molecule is CCOc1cccc(C#Cc2cc(C(=O)N3CCN(c4ccc(C(=O)NS(=O)(=O)c5ccc(NCCSc6ccccc6)c(C(F)(F)F)c5)cc4)CC3)cc(C(F)(F)F)c2)c1. The van der Waals surface area contributed by atoms with Gasteiger partial charge in [-0.1, -0.05) is 36.1 Å². The van der Waals surface area contributed by atoms with E-state index < -0.39 is 50.2 Å². The minimum atomic E-state index is -4.89. The molecule has 0 radical (unpaired) electrons. The van der Waals surface area contributed by atoms with E-state index in [1.165, 1.54) is 34.9 Å². The maximum atomic E-state index is 14.0. The van der Waals surface area contributed by atoms with Crippen molar-refractivity contribution in [1.29, 1.82) is 0 Å². The Kier molecular flexibility index (Phi) is 13.9. The zero-order chi connectivity index (χ0) is 43.8. The van der Waals surface area contributed by atoms with E-state index in [1.54, 1.807) is 36.4 Å². The number of rotatable bonds is 12. The molecule has 318 valence electrons. The van der Waals surface area contributed by atoms with Crippen molar-refractivity contribution in [3.05, 3.63) is 149 Å². The van der Waals surface area contributed by atoms with Crippen molar-refractivity contribution < 1.29 is 49.1 Å². The molecule has 0 bridgehead atoms. The predicted molar refractivity (Wildman–Crippen MR) is 221 cm³/mol. The molecule has 2 N–H and O–H groups in total. The third kappa shape index (κ3) is 11.8. The lowest BCUT2D eigenvalue weighted by Gasteiger charge is -2.36. The van der Waals surface area contributed by atoms with Gasteiger partial charge in [-0.3, -0.25) is 9.59 Å². The molecule has 5 aromatic rings. The highest BCUT2D eigenvalue weighted by Gasteiger charge is 2.36. The molecule has 1 saturated heterocycles. The Balaban J connectivity index is 1.07. The average molecular weight is 881 g/mol. The van der Waals surface area contributed by atoms with Gasteiger partial charge in [0.05, 0.1) is 22.6 Å². The number of carbonyl (C=O) groups is 2. The maximum absolute atomic E-state index is 14.0. The number of anilines is 2. The molecule has 17 heteroatoms. The summed E-state index contributed by atoms with van der Waals surface area (Å²) in [5, 5.41) is 2.71. The van der Waals surface area contributed by atoms with Gasteiger partial charge in [-0.25, -0.2) is 13.1 Å². The fraction of sp³-hybridized carbons (Fsp3) is 0.227. The number of ether oxygens (including phenoxy) is 1. The normalized spacial score (nSPS) is 13.2. The largest absolute Gasteiger partial charge is 0.494 e. The van der Waals surface area contributed by atoms with Gasteiger partial charge in [-0.15, -0.1) is 11.8 Å². The first-order valence-electron chi connectivity index (χ1n) is 18.8. The van der Waals surface area contributed by atoms with Crippen LogP contribution in [0.4, 0.5) is 37.7 Å². The quantitative estimate of drug-likeness (QED) is 0.0555. The second-order valence-electron chi connectivity index (χ2n) is 13.6. The number of hydrogen-bond acceptors (Lipinski definition) is 8. The minimum absolute atomic E-state index is 0.0110. The Morgan fingerprint density at radius 2 is 1.46 bits per heavy atom. The maximum Gasteiger partial charge on any atom is 0.418 e. The van der Waals surface area contributed by atoms with Crippen LogP contribution in [0, 0.1) is 11.8 Å². The van der Waals surface area contributed by atoms with E-state index in [1.807, 2.05) is 46.9 Å². The van der Waals surface area contributed by atoms with Crippen LogP contribution in [0.15, 0.2) is 125 Å². The summed E-state index contributed by atoms with van der Waals surface area (Å²) in [6, 6.07) is 27.3. The molecule has 1 heterocycles. The van der Waals surface area contributed by atoms with Crippen LogP contribution in [-0.4, -0.2) is 70.2 Å². The molecular weight excluding hydrogens is 843 g/mol. The first kappa shape index (κ1) is 44.4. The molecule has 1 aliphatic rings. The first-order valence-corrected chi connectivity index (χ1v) is 21.3. The standard InChI is InChI=1S/C44H38F6N4O5S2/c1-2-59-36-8-6-7-30(27-36)11-12-31-25-33(28-34(26-31)43(45,46)47)42(56)54-22-20-53(21-23-54)35-15-13-32(14-16-35)41(55)52-61(57,58)38-17-18-40(39(29-38)44(48,49)50)51-19-24-60-37-9-4-3-5-10-37/h3-10,13-18,25-29,51H,2,19-24H2,1H3,(H,52,55).